The SMILES string of the molecule is CCCC1CCC(C2CCC(c3ccc(C)cc3)CC2)CC1.CCCc1ccc(C2CCC(C3CCC(CCC)CC3)CC2)cc1. The molecule has 0 unspecified atom stereocenters. The minimum atomic E-state index is 0.841. The van der Waals surface area contributed by atoms with Crippen LogP contribution < -0.4 is 0 Å². The minimum absolute atomic E-state index is 0.841. The monoisotopic (exact) mass is 625 g/mol. The van der Waals surface area contributed by atoms with Gasteiger partial charge in [-0.25, -0.2) is 0 Å². The second kappa shape index (κ2) is 18.8. The van der Waals surface area contributed by atoms with Crippen molar-refractivity contribution in [3.63, 3.8) is 0 Å². The van der Waals surface area contributed by atoms with Crippen LogP contribution in [0.3, 0.4) is 0 Å². The Balaban J connectivity index is 0.000000182. The van der Waals surface area contributed by atoms with Gasteiger partial charge in [0.15, 0.2) is 0 Å². The summed E-state index contributed by atoms with van der Waals surface area (Å²) in [7, 11) is 0. The summed E-state index contributed by atoms with van der Waals surface area (Å²) in [5.74, 6) is 8.02. The molecule has 0 bridgehead atoms. The molecular weight excluding hydrogens is 553 g/mol. The second-order valence-electron chi connectivity index (χ2n) is 16.8. The van der Waals surface area contributed by atoms with Crippen molar-refractivity contribution in [2.45, 2.75) is 181 Å². The first kappa shape index (κ1) is 35.7. The third kappa shape index (κ3) is 10.5. The zero-order valence-corrected chi connectivity index (χ0v) is 30.8. The zero-order valence-electron chi connectivity index (χ0n) is 30.8. The molecule has 0 aromatic heterocycles. The van der Waals surface area contributed by atoms with Gasteiger partial charge in [0, 0.05) is 0 Å². The van der Waals surface area contributed by atoms with E-state index in [2.05, 4.69) is 76.2 Å². The van der Waals surface area contributed by atoms with Crippen LogP contribution in [0.5, 0.6) is 0 Å². The smallest absolute Gasteiger partial charge is 0.0162 e. The van der Waals surface area contributed by atoms with E-state index in [1.807, 2.05) is 0 Å². The predicted octanol–water partition coefficient (Wildman–Crippen LogP) is 14.4. The fourth-order valence-corrected chi connectivity index (χ4v) is 10.6. The Kier molecular flexibility index (Phi) is 14.6. The highest BCUT2D eigenvalue weighted by Crippen LogP contribution is 2.46. The summed E-state index contributed by atoms with van der Waals surface area (Å²) in [6.07, 6.45) is 32.1. The molecule has 0 atom stereocenters. The molecule has 0 aliphatic heterocycles. The Morgan fingerprint density at radius 1 is 0.413 bits per heavy atom. The molecule has 6 rings (SSSR count). The predicted molar refractivity (Wildman–Crippen MR) is 202 cm³/mol. The molecule has 0 saturated heterocycles. The largest absolute Gasteiger partial charge is 0.0654 e. The summed E-state index contributed by atoms with van der Waals surface area (Å²) in [5, 5.41) is 0. The summed E-state index contributed by atoms with van der Waals surface area (Å²) < 4.78 is 0. The third-order valence-electron chi connectivity index (χ3n) is 13.6. The van der Waals surface area contributed by atoms with Crippen molar-refractivity contribution in [3.8, 4) is 0 Å². The lowest BCUT2D eigenvalue weighted by molar-refractivity contribution is 0.156. The molecule has 0 radical (unpaired) electrons. The average Bonchev–Trinajstić information content (AvgIpc) is 3.11. The number of hydrogen-bond acceptors (Lipinski definition) is 0. The van der Waals surface area contributed by atoms with Gasteiger partial charge in [0.1, 0.15) is 0 Å². The van der Waals surface area contributed by atoms with E-state index < -0.39 is 0 Å². The quantitative estimate of drug-likeness (QED) is 0.247. The standard InChI is InChI=1S/C24H38.C22H34/c1-3-5-19-7-11-21(12-8-19)23-15-17-24(18-16-23)22-13-9-20(6-4-2)10-14-22;1-3-4-18-7-11-20(12-8-18)22-15-13-21(14-16-22)19-9-5-17(2)6-10-19/h7-8,11-12,20,22-24H,3-6,9-10,13-18H2,1-2H3;5-6,9-10,18,20-22H,3-4,7-8,11-16H2,1-2H3. The number of rotatable bonds is 10. The summed E-state index contributed by atoms with van der Waals surface area (Å²) in [6, 6.07) is 18.9. The van der Waals surface area contributed by atoms with Crippen LogP contribution in [0, 0.1) is 42.4 Å². The fourth-order valence-electron chi connectivity index (χ4n) is 10.6. The molecule has 4 fully saturated rings. The molecule has 0 spiro atoms. The molecule has 4 saturated carbocycles. The van der Waals surface area contributed by atoms with Crippen LogP contribution in [0.1, 0.15) is 190 Å². The fraction of sp³-hybridized carbons (Fsp3) is 0.739. The Morgan fingerprint density at radius 3 is 1.11 bits per heavy atom. The number of aryl methyl sites for hydroxylation is 2. The summed E-state index contributed by atoms with van der Waals surface area (Å²) in [4.78, 5) is 0. The van der Waals surface area contributed by atoms with E-state index in [1.54, 1.807) is 11.1 Å². The topological polar surface area (TPSA) is 0 Å². The van der Waals surface area contributed by atoms with Gasteiger partial charge in [-0.05, 0) is 154 Å². The van der Waals surface area contributed by atoms with Crippen molar-refractivity contribution in [2.75, 3.05) is 0 Å². The van der Waals surface area contributed by atoms with E-state index in [1.165, 1.54) is 152 Å². The molecule has 2 aromatic carbocycles. The Bertz CT molecular complexity index is 1060. The van der Waals surface area contributed by atoms with Crippen LogP contribution in [0.4, 0.5) is 0 Å². The summed E-state index contributed by atoms with van der Waals surface area (Å²) >= 11 is 0. The first-order valence-corrected chi connectivity index (χ1v) is 20.7. The maximum absolute atomic E-state index is 2.42. The van der Waals surface area contributed by atoms with E-state index in [-0.39, 0.29) is 0 Å². The van der Waals surface area contributed by atoms with Gasteiger partial charge in [-0.1, -0.05) is 133 Å². The van der Waals surface area contributed by atoms with Gasteiger partial charge in [-0.15, -0.1) is 0 Å². The molecule has 0 nitrogen and oxygen atoms in total. The maximum atomic E-state index is 2.42. The average molecular weight is 625 g/mol. The van der Waals surface area contributed by atoms with E-state index in [9.17, 15) is 0 Å². The molecule has 0 heterocycles. The molecular formula is C46H72. The minimum Gasteiger partial charge on any atom is -0.0654 e. The molecule has 4 aliphatic carbocycles. The van der Waals surface area contributed by atoms with Crippen molar-refractivity contribution >= 4 is 0 Å². The van der Waals surface area contributed by atoms with Crippen LogP contribution in [-0.4, -0.2) is 0 Å². The number of benzene rings is 2. The lowest BCUT2D eigenvalue weighted by Gasteiger charge is -2.38. The molecule has 46 heavy (non-hydrogen) atoms. The molecule has 256 valence electrons. The molecule has 4 aliphatic rings. The van der Waals surface area contributed by atoms with Crippen LogP contribution in [0.25, 0.3) is 0 Å². The van der Waals surface area contributed by atoms with Crippen molar-refractivity contribution in [1.82, 2.24) is 0 Å². The highest BCUT2D eigenvalue weighted by molar-refractivity contribution is 5.26. The zero-order chi connectivity index (χ0) is 32.1. The summed E-state index contributed by atoms with van der Waals surface area (Å²) in [6.45, 7) is 9.15. The van der Waals surface area contributed by atoms with E-state index >= 15 is 0 Å². The normalized spacial score (nSPS) is 31.9. The first-order chi connectivity index (χ1) is 22.6. The van der Waals surface area contributed by atoms with Gasteiger partial charge in [0.2, 0.25) is 0 Å². The van der Waals surface area contributed by atoms with Crippen molar-refractivity contribution < 1.29 is 0 Å². The van der Waals surface area contributed by atoms with Gasteiger partial charge < -0.3 is 0 Å². The third-order valence-corrected chi connectivity index (χ3v) is 13.6. The van der Waals surface area contributed by atoms with Crippen molar-refractivity contribution in [2.24, 2.45) is 35.5 Å². The van der Waals surface area contributed by atoms with Gasteiger partial charge in [-0.3, -0.25) is 0 Å². The van der Waals surface area contributed by atoms with Gasteiger partial charge >= 0.3 is 0 Å². The van der Waals surface area contributed by atoms with E-state index in [4.69, 9.17) is 0 Å². The lowest BCUT2D eigenvalue weighted by atomic mass is 9.68. The highest BCUT2D eigenvalue weighted by atomic mass is 14.4. The molecule has 0 heteroatoms. The van der Waals surface area contributed by atoms with Gasteiger partial charge in [-0.2, -0.15) is 0 Å². The van der Waals surface area contributed by atoms with E-state index in [0.29, 0.717) is 0 Å². The lowest BCUT2D eigenvalue weighted by Crippen LogP contribution is -2.25. The van der Waals surface area contributed by atoms with E-state index in [0.717, 1.165) is 47.3 Å². The Labute approximate surface area is 286 Å². The number of hydrogen-bond donors (Lipinski definition) is 0. The van der Waals surface area contributed by atoms with Crippen LogP contribution in [0.2, 0.25) is 0 Å². The van der Waals surface area contributed by atoms with Gasteiger partial charge in [0.05, 0.1) is 0 Å². The van der Waals surface area contributed by atoms with Gasteiger partial charge in [0.25, 0.3) is 0 Å². The molecule has 2 aromatic rings. The second-order valence-corrected chi connectivity index (χ2v) is 16.8. The first-order valence-electron chi connectivity index (χ1n) is 20.7. The summed E-state index contributed by atoms with van der Waals surface area (Å²) in [5.41, 5.74) is 6.11. The van der Waals surface area contributed by atoms with Crippen LogP contribution in [0.15, 0.2) is 48.5 Å². The molecule has 0 amide bonds. The maximum Gasteiger partial charge on any atom is -0.0162 e. The Morgan fingerprint density at radius 2 is 0.761 bits per heavy atom. The molecule has 0 N–H and O–H groups in total. The Hall–Kier alpha value is -1.56. The van der Waals surface area contributed by atoms with Crippen molar-refractivity contribution in [1.29, 1.82) is 0 Å². The highest BCUT2D eigenvalue weighted by Gasteiger charge is 2.32. The van der Waals surface area contributed by atoms with Crippen LogP contribution in [-0.2, 0) is 6.42 Å². The van der Waals surface area contributed by atoms with Crippen LogP contribution >= 0.6 is 0 Å². The van der Waals surface area contributed by atoms with Crippen molar-refractivity contribution in [3.05, 3.63) is 70.8 Å².